The van der Waals surface area contributed by atoms with Gasteiger partial charge in [0.25, 0.3) is 0 Å². The summed E-state index contributed by atoms with van der Waals surface area (Å²) in [6.45, 7) is 8.98. The zero-order valence-corrected chi connectivity index (χ0v) is 56.0. The molecule has 3 N–H and O–H groups in total. The monoisotopic (exact) mass is 1380 g/mol. The van der Waals surface area contributed by atoms with Gasteiger partial charge in [-0.05, 0) is 124 Å². The average molecular weight is 1390 g/mol. The number of nitrogens with one attached hydrogen (secondary N) is 1. The molecule has 0 saturated carbocycles. The maximum atomic E-state index is 10.7. The van der Waals surface area contributed by atoms with Gasteiger partial charge >= 0.3 is 0 Å². The molecule has 9 aromatic rings. The lowest BCUT2D eigenvalue weighted by Crippen LogP contribution is -2.50. The van der Waals surface area contributed by atoms with Crippen molar-refractivity contribution >= 4 is 121 Å². The van der Waals surface area contributed by atoms with Crippen LogP contribution >= 0.6 is 104 Å². The normalized spacial score (nSPS) is 19.0. The third-order valence-electron chi connectivity index (χ3n) is 16.5. The molecule has 0 spiro atoms. The van der Waals surface area contributed by atoms with Crippen LogP contribution in [0.25, 0.3) is 0 Å². The molecule has 13 rings (SSSR count). The molecule has 4 saturated heterocycles. The molecule has 4 aliphatic rings. The summed E-state index contributed by atoms with van der Waals surface area (Å²) < 4.78 is 5.09. The third kappa shape index (κ3) is 18.3. The first kappa shape index (κ1) is 67.6. The smallest absolute Gasteiger partial charge is 0.106 e. The molecule has 6 atom stereocenters. The summed E-state index contributed by atoms with van der Waals surface area (Å²) >= 11 is 55.9. The fourth-order valence-corrected chi connectivity index (χ4v) is 13.7. The van der Waals surface area contributed by atoms with Crippen molar-refractivity contribution in [1.82, 2.24) is 15.1 Å². The summed E-state index contributed by atoms with van der Waals surface area (Å²) in [5, 5.41) is 30.3. The van der Waals surface area contributed by atoms with Crippen molar-refractivity contribution in [2.24, 2.45) is 0 Å². The van der Waals surface area contributed by atoms with E-state index in [9.17, 15) is 10.2 Å². The van der Waals surface area contributed by atoms with Crippen LogP contribution in [0.3, 0.4) is 0 Å². The molecule has 0 bridgehead atoms. The van der Waals surface area contributed by atoms with E-state index in [0.717, 1.165) is 110 Å². The van der Waals surface area contributed by atoms with E-state index in [2.05, 4.69) is 90.5 Å². The molecule has 0 unspecified atom stereocenters. The van der Waals surface area contributed by atoms with E-state index in [-0.39, 0.29) is 30.8 Å². The molecule has 18 heteroatoms. The second kappa shape index (κ2) is 33.0. The maximum absolute atomic E-state index is 10.7. The van der Waals surface area contributed by atoms with Gasteiger partial charge < -0.3 is 35.0 Å². The highest BCUT2D eigenvalue weighted by molar-refractivity contribution is 6.37. The van der Waals surface area contributed by atoms with E-state index in [1.54, 1.807) is 18.2 Å². The van der Waals surface area contributed by atoms with Crippen molar-refractivity contribution < 1.29 is 14.9 Å². The quantitative estimate of drug-likeness (QED) is 0.0978. The Hall–Kier alpha value is -5.25. The van der Waals surface area contributed by atoms with E-state index in [0.29, 0.717) is 52.8 Å². The Morgan fingerprint density at radius 1 is 0.422 bits per heavy atom. The van der Waals surface area contributed by atoms with Crippen molar-refractivity contribution in [3.8, 4) is 0 Å². The number of hydrogen-bond donors (Lipinski definition) is 3. The Morgan fingerprint density at radius 2 is 0.822 bits per heavy atom. The van der Waals surface area contributed by atoms with Gasteiger partial charge in [-0.3, -0.25) is 9.80 Å². The van der Waals surface area contributed by atoms with Gasteiger partial charge in [0.2, 0.25) is 0 Å². The molecule has 468 valence electrons. The minimum atomic E-state index is -0.525. The highest BCUT2D eigenvalue weighted by atomic mass is 35.5. The average Bonchev–Trinajstić information content (AvgIpc) is 1.06. The van der Waals surface area contributed by atoms with E-state index in [4.69, 9.17) is 109 Å². The Morgan fingerprint density at radius 3 is 1.27 bits per heavy atom. The predicted molar refractivity (Wildman–Crippen MR) is 378 cm³/mol. The second-order valence-electron chi connectivity index (χ2n) is 22.3. The van der Waals surface area contributed by atoms with Crippen LogP contribution in [0, 0.1) is 0 Å². The molecule has 0 aliphatic carbocycles. The summed E-state index contributed by atoms with van der Waals surface area (Å²) in [5.41, 5.74) is 9.82. The Kier molecular flexibility index (Phi) is 24.8. The second-order valence-corrected chi connectivity index (χ2v) is 26.1. The number of hydrogen-bond acceptors (Lipinski definition) is 9. The lowest BCUT2D eigenvalue weighted by molar-refractivity contribution is 0.100. The highest BCUT2D eigenvalue weighted by Gasteiger charge is 2.35. The van der Waals surface area contributed by atoms with Crippen LogP contribution in [0.1, 0.15) is 69.8 Å². The van der Waals surface area contributed by atoms with Crippen LogP contribution in [0.5, 0.6) is 0 Å². The molecule has 0 amide bonds. The van der Waals surface area contributed by atoms with Crippen LogP contribution in [0.2, 0.25) is 45.2 Å². The molecule has 0 radical (unpaired) electrons. The zero-order valence-electron chi connectivity index (χ0n) is 49.2. The van der Waals surface area contributed by atoms with Crippen LogP contribution in [0.15, 0.2) is 218 Å². The van der Waals surface area contributed by atoms with Crippen LogP contribution < -0.4 is 20.0 Å². The Balaban J connectivity index is 0.000000140. The van der Waals surface area contributed by atoms with Crippen LogP contribution in [-0.2, 0) is 4.74 Å². The Bertz CT molecular complexity index is 3690. The van der Waals surface area contributed by atoms with E-state index >= 15 is 0 Å². The summed E-state index contributed by atoms with van der Waals surface area (Å²) in [6, 6.07) is 71.3. The summed E-state index contributed by atoms with van der Waals surface area (Å²) in [7, 11) is 0. The number of halogens is 9. The van der Waals surface area contributed by atoms with E-state index < -0.39 is 6.10 Å². The zero-order chi connectivity index (χ0) is 63.1. The molecule has 0 aromatic heterocycles. The number of aliphatic hydroxyl groups is 2. The standard InChI is InChI=1S/2C24H23Cl3N2O.C16H15Cl3N2.C8H8O/c25-19-8-6-17(7-9-19)23-15-28(16-24(30)18-4-2-1-3-5-18)12-13-29(23)22-11-10-20(26)14-21(22)27;25-19-8-6-18(7-9-19)23-15-28(24(16-30)17-4-2-1-3-5-17)12-13-29(23)22-11-10-20(26)14-21(22)27;17-12-3-1-11(2-4-12)16-10-20-7-8-21(16)15-6-5-13(18)9-14(15)19;1-2-4-7(5-3-1)8-6-9-8/h2*1-11,14,23-24,30H,12-13,15-16H2;1-6,9,16,20H,7-8,10H2;1-5,8H,6H2/t23-,24-;23-,24+;16-;8-/m0000/s1. The minimum absolute atomic E-state index is 0.0520. The molecule has 4 aliphatic heterocycles. The van der Waals surface area contributed by atoms with Gasteiger partial charge in [-0.15, -0.1) is 0 Å². The number of benzene rings is 9. The molecule has 9 nitrogen and oxygen atoms in total. The van der Waals surface area contributed by atoms with Gasteiger partial charge in [0.1, 0.15) is 6.10 Å². The van der Waals surface area contributed by atoms with Crippen molar-refractivity contribution in [2.75, 3.05) is 93.4 Å². The maximum Gasteiger partial charge on any atom is 0.106 e. The fourth-order valence-electron chi connectivity index (χ4n) is 11.8. The lowest BCUT2D eigenvalue weighted by Gasteiger charge is -2.46. The van der Waals surface area contributed by atoms with Gasteiger partial charge in [-0.25, -0.2) is 0 Å². The van der Waals surface area contributed by atoms with Crippen molar-refractivity contribution in [3.05, 3.63) is 297 Å². The SMILES string of the molecule is Clc1ccc([C@@H]2CNCCN2c2ccc(Cl)cc2Cl)cc1.OC[C@H](c1ccccc1)N1CCN(c2ccc(Cl)cc2Cl)[C@H](c2ccc(Cl)cc2)C1.O[C@@H](CN1CCN(c2ccc(Cl)cc2Cl)[C@H](c2ccc(Cl)cc2)C1)c1ccccc1.c1ccc([C@@H]2CO2)cc1. The van der Waals surface area contributed by atoms with Crippen LogP contribution in [0.4, 0.5) is 17.1 Å². The van der Waals surface area contributed by atoms with Crippen molar-refractivity contribution in [2.45, 2.75) is 36.4 Å². The van der Waals surface area contributed by atoms with E-state index in [1.165, 1.54) is 11.1 Å². The number of aliphatic hydroxyl groups excluding tert-OH is 2. The minimum Gasteiger partial charge on any atom is -0.394 e. The first-order chi connectivity index (χ1) is 43.7. The first-order valence-corrected chi connectivity index (χ1v) is 33.2. The van der Waals surface area contributed by atoms with Gasteiger partial charge in [0.05, 0.1) is 75.6 Å². The molecule has 90 heavy (non-hydrogen) atoms. The lowest BCUT2D eigenvalue weighted by atomic mass is 9.98. The van der Waals surface area contributed by atoms with Gasteiger partial charge in [0.15, 0.2) is 0 Å². The number of piperazine rings is 3. The van der Waals surface area contributed by atoms with Crippen molar-refractivity contribution in [3.63, 3.8) is 0 Å². The largest absolute Gasteiger partial charge is 0.394 e. The molecular weight excluding hydrogens is 1320 g/mol. The fraction of sp³-hybridized carbons (Fsp3) is 0.250. The van der Waals surface area contributed by atoms with Crippen LogP contribution in [-0.4, -0.2) is 98.7 Å². The summed E-state index contributed by atoms with van der Waals surface area (Å²) in [4.78, 5) is 11.6. The summed E-state index contributed by atoms with van der Waals surface area (Å²) in [6.07, 6.45) is -0.117. The molecule has 4 heterocycles. The number of epoxide rings is 1. The number of ether oxygens (including phenoxy) is 1. The Labute approximate surface area is 573 Å². The van der Waals surface area contributed by atoms with Gasteiger partial charge in [-0.2, -0.15) is 0 Å². The van der Waals surface area contributed by atoms with E-state index in [1.807, 2.05) is 140 Å². The number of β-amino-alcohol motifs (C(OH)–C–C–N with tert-alkyl or cyclic N) is 1. The molecule has 9 aromatic carbocycles. The van der Waals surface area contributed by atoms with Crippen molar-refractivity contribution in [1.29, 1.82) is 0 Å². The number of anilines is 3. The third-order valence-corrected chi connectivity index (χ3v) is 18.8. The number of rotatable bonds is 13. The van der Waals surface area contributed by atoms with Gasteiger partial charge in [0, 0.05) is 95.6 Å². The van der Waals surface area contributed by atoms with Gasteiger partial charge in [-0.1, -0.05) is 232 Å². The first-order valence-electron chi connectivity index (χ1n) is 29.8. The molecule has 4 fully saturated rings. The number of nitrogens with zero attached hydrogens (tertiary/aromatic N) is 5. The highest BCUT2D eigenvalue weighted by Crippen LogP contribution is 2.41. The molecular formula is C72H69Cl9N6O3. The topological polar surface area (TPSA) is 81.2 Å². The summed E-state index contributed by atoms with van der Waals surface area (Å²) in [5.74, 6) is 0. The predicted octanol–water partition coefficient (Wildman–Crippen LogP) is 19.0.